The Morgan fingerprint density at radius 3 is 2.43 bits per heavy atom. The largest absolute Gasteiger partial charge is 0.363 e. The highest BCUT2D eigenvalue weighted by molar-refractivity contribution is 7.92. The molecule has 21 heavy (non-hydrogen) atoms. The van der Waals surface area contributed by atoms with Crippen LogP contribution in [0.4, 0.5) is 11.5 Å². The Morgan fingerprint density at radius 2 is 2.00 bits per heavy atom. The molecule has 0 amide bonds. The van der Waals surface area contributed by atoms with E-state index >= 15 is 0 Å². The lowest BCUT2D eigenvalue weighted by molar-refractivity contribution is 0.600. The van der Waals surface area contributed by atoms with Gasteiger partial charge in [0, 0.05) is 21.1 Å². The van der Waals surface area contributed by atoms with Gasteiger partial charge in [0.1, 0.15) is 15.9 Å². The first-order chi connectivity index (χ1) is 9.72. The molecule has 1 N–H and O–H groups in total. The number of aryl methyl sites for hydroxylation is 2. The SMILES string of the molecule is Cc1nn(C)c(Cl)c1S(=O)(=O)Nc1ccc(N(C)C)nc1. The predicted octanol–water partition coefficient (Wildman–Crippen LogP) is 1.64. The highest BCUT2D eigenvalue weighted by Crippen LogP contribution is 2.26. The second kappa shape index (κ2) is 5.53. The van der Waals surface area contributed by atoms with Crippen LogP contribution in [-0.4, -0.2) is 37.3 Å². The molecule has 2 rings (SSSR count). The van der Waals surface area contributed by atoms with Crippen molar-refractivity contribution in [2.24, 2.45) is 7.05 Å². The van der Waals surface area contributed by atoms with Crippen molar-refractivity contribution in [3.63, 3.8) is 0 Å². The fourth-order valence-corrected chi connectivity index (χ4v) is 3.63. The van der Waals surface area contributed by atoms with E-state index in [-0.39, 0.29) is 10.0 Å². The quantitative estimate of drug-likeness (QED) is 0.922. The smallest absolute Gasteiger partial charge is 0.266 e. The minimum atomic E-state index is -3.81. The highest BCUT2D eigenvalue weighted by Gasteiger charge is 2.25. The fourth-order valence-electron chi connectivity index (χ4n) is 1.83. The Bertz CT molecular complexity index is 753. The van der Waals surface area contributed by atoms with Crippen LogP contribution in [0.5, 0.6) is 0 Å². The Kier molecular flexibility index (Phi) is 4.11. The number of aromatic nitrogens is 3. The number of nitrogens with zero attached hydrogens (tertiary/aromatic N) is 4. The van der Waals surface area contributed by atoms with E-state index in [1.807, 2.05) is 19.0 Å². The molecule has 0 aliphatic heterocycles. The molecule has 114 valence electrons. The summed E-state index contributed by atoms with van der Waals surface area (Å²) in [5, 5.41) is 4.07. The van der Waals surface area contributed by atoms with E-state index in [2.05, 4.69) is 14.8 Å². The van der Waals surface area contributed by atoms with E-state index in [0.717, 1.165) is 5.82 Å². The van der Waals surface area contributed by atoms with Crippen molar-refractivity contribution in [2.45, 2.75) is 11.8 Å². The molecule has 0 unspecified atom stereocenters. The van der Waals surface area contributed by atoms with Gasteiger partial charge in [-0.05, 0) is 19.1 Å². The molecule has 0 aromatic carbocycles. The van der Waals surface area contributed by atoms with E-state index in [0.29, 0.717) is 11.4 Å². The zero-order chi connectivity index (χ0) is 15.8. The van der Waals surface area contributed by atoms with Crippen LogP contribution in [0.1, 0.15) is 5.69 Å². The number of hydrogen-bond acceptors (Lipinski definition) is 5. The maximum Gasteiger partial charge on any atom is 0.266 e. The van der Waals surface area contributed by atoms with E-state index in [1.165, 1.54) is 10.9 Å². The Hall–Kier alpha value is -1.80. The van der Waals surface area contributed by atoms with Crippen LogP contribution in [0, 0.1) is 6.92 Å². The van der Waals surface area contributed by atoms with Crippen molar-refractivity contribution in [1.29, 1.82) is 0 Å². The molecular formula is C12H16ClN5O2S. The van der Waals surface area contributed by atoms with Gasteiger partial charge in [-0.1, -0.05) is 11.6 Å². The third kappa shape index (κ3) is 3.11. The number of anilines is 2. The van der Waals surface area contributed by atoms with Crippen molar-refractivity contribution in [2.75, 3.05) is 23.7 Å². The second-order valence-electron chi connectivity index (χ2n) is 4.73. The standard InChI is InChI=1S/C12H16ClN5O2S/c1-8-11(12(13)18(4)15-8)21(19,20)16-9-5-6-10(14-7-9)17(2)3/h5-7,16H,1-4H3. The molecule has 7 nitrogen and oxygen atoms in total. The van der Waals surface area contributed by atoms with Crippen LogP contribution in [0.15, 0.2) is 23.2 Å². The van der Waals surface area contributed by atoms with Crippen LogP contribution >= 0.6 is 11.6 Å². The van der Waals surface area contributed by atoms with Gasteiger partial charge >= 0.3 is 0 Å². The number of hydrogen-bond donors (Lipinski definition) is 1. The molecular weight excluding hydrogens is 314 g/mol. The maximum absolute atomic E-state index is 12.4. The van der Waals surface area contributed by atoms with Crippen molar-refractivity contribution in [3.8, 4) is 0 Å². The average molecular weight is 330 g/mol. The summed E-state index contributed by atoms with van der Waals surface area (Å²) in [6.45, 7) is 1.59. The zero-order valence-electron chi connectivity index (χ0n) is 12.1. The van der Waals surface area contributed by atoms with Gasteiger partial charge in [-0.3, -0.25) is 9.40 Å². The van der Waals surface area contributed by atoms with Crippen LogP contribution in [-0.2, 0) is 17.1 Å². The minimum Gasteiger partial charge on any atom is -0.363 e. The van der Waals surface area contributed by atoms with Crippen LogP contribution in [0.3, 0.4) is 0 Å². The highest BCUT2D eigenvalue weighted by atomic mass is 35.5. The summed E-state index contributed by atoms with van der Waals surface area (Å²) < 4.78 is 28.5. The molecule has 0 bridgehead atoms. The number of sulfonamides is 1. The summed E-state index contributed by atoms with van der Waals surface area (Å²) in [4.78, 5) is 5.95. The van der Waals surface area contributed by atoms with Gasteiger partial charge in [-0.15, -0.1) is 0 Å². The number of nitrogens with one attached hydrogen (secondary N) is 1. The molecule has 0 radical (unpaired) electrons. The number of pyridine rings is 1. The third-order valence-electron chi connectivity index (χ3n) is 2.83. The van der Waals surface area contributed by atoms with Gasteiger partial charge in [-0.2, -0.15) is 5.10 Å². The van der Waals surface area contributed by atoms with Crippen LogP contribution < -0.4 is 9.62 Å². The van der Waals surface area contributed by atoms with Gasteiger partial charge in [0.05, 0.1) is 17.6 Å². The molecule has 0 fully saturated rings. The van der Waals surface area contributed by atoms with Gasteiger partial charge in [-0.25, -0.2) is 13.4 Å². The molecule has 0 aliphatic rings. The third-order valence-corrected chi connectivity index (χ3v) is 4.90. The van der Waals surface area contributed by atoms with Crippen molar-refractivity contribution < 1.29 is 8.42 Å². The van der Waals surface area contributed by atoms with Crippen molar-refractivity contribution >= 4 is 33.1 Å². The first-order valence-electron chi connectivity index (χ1n) is 6.07. The lowest BCUT2D eigenvalue weighted by Gasteiger charge is -2.12. The molecule has 0 spiro atoms. The molecule has 0 saturated heterocycles. The van der Waals surface area contributed by atoms with E-state index in [4.69, 9.17) is 11.6 Å². The Morgan fingerprint density at radius 1 is 1.33 bits per heavy atom. The number of halogens is 1. The monoisotopic (exact) mass is 329 g/mol. The molecule has 0 aliphatic carbocycles. The summed E-state index contributed by atoms with van der Waals surface area (Å²) >= 11 is 5.99. The molecule has 2 heterocycles. The predicted molar refractivity (Wildman–Crippen MR) is 82.3 cm³/mol. The summed E-state index contributed by atoms with van der Waals surface area (Å²) in [6, 6.07) is 3.36. The summed E-state index contributed by atoms with van der Waals surface area (Å²) in [7, 11) is 1.48. The van der Waals surface area contributed by atoms with Crippen molar-refractivity contribution in [3.05, 3.63) is 29.2 Å². The minimum absolute atomic E-state index is 0.0247. The summed E-state index contributed by atoms with van der Waals surface area (Å²) in [5.74, 6) is 0.730. The van der Waals surface area contributed by atoms with Gasteiger partial charge in [0.15, 0.2) is 0 Å². The van der Waals surface area contributed by atoms with Gasteiger partial charge in [0.25, 0.3) is 10.0 Å². The normalized spacial score (nSPS) is 11.5. The first-order valence-corrected chi connectivity index (χ1v) is 7.94. The van der Waals surface area contributed by atoms with Crippen LogP contribution in [0.25, 0.3) is 0 Å². The van der Waals surface area contributed by atoms with Gasteiger partial charge < -0.3 is 4.90 Å². The maximum atomic E-state index is 12.4. The number of rotatable bonds is 4. The molecule has 0 saturated carbocycles. The molecule has 2 aromatic heterocycles. The van der Waals surface area contributed by atoms with E-state index in [9.17, 15) is 8.42 Å². The van der Waals surface area contributed by atoms with Crippen molar-refractivity contribution in [1.82, 2.24) is 14.8 Å². The Labute approximate surface area is 128 Å². The average Bonchev–Trinajstić information content (AvgIpc) is 2.63. The lowest BCUT2D eigenvalue weighted by atomic mass is 10.4. The first kappa shape index (κ1) is 15.6. The summed E-state index contributed by atoms with van der Waals surface area (Å²) in [6.07, 6.45) is 1.45. The van der Waals surface area contributed by atoms with Gasteiger partial charge in [0.2, 0.25) is 0 Å². The molecule has 0 atom stereocenters. The van der Waals surface area contributed by atoms with E-state index < -0.39 is 10.0 Å². The zero-order valence-corrected chi connectivity index (χ0v) is 13.7. The fraction of sp³-hybridized carbons (Fsp3) is 0.333. The lowest BCUT2D eigenvalue weighted by Crippen LogP contribution is -2.15. The van der Waals surface area contributed by atoms with E-state index in [1.54, 1.807) is 26.1 Å². The Balaban J connectivity index is 2.33. The van der Waals surface area contributed by atoms with Crippen LogP contribution in [0.2, 0.25) is 5.15 Å². The topological polar surface area (TPSA) is 80.1 Å². The molecule has 9 heteroatoms. The second-order valence-corrected chi connectivity index (χ2v) is 6.71. The molecule has 2 aromatic rings. The summed E-state index contributed by atoms with van der Waals surface area (Å²) in [5.41, 5.74) is 0.702.